The summed E-state index contributed by atoms with van der Waals surface area (Å²) in [7, 11) is -3.96. The molecule has 0 saturated heterocycles. The van der Waals surface area contributed by atoms with Crippen molar-refractivity contribution in [1.29, 1.82) is 0 Å². The molecule has 1 aromatic heterocycles. The predicted molar refractivity (Wildman–Crippen MR) is 106 cm³/mol. The lowest BCUT2D eigenvalue weighted by Gasteiger charge is -2.56. The van der Waals surface area contributed by atoms with E-state index in [2.05, 4.69) is 14.4 Å². The summed E-state index contributed by atoms with van der Waals surface area (Å²) in [6.07, 6.45) is 2.53. The minimum atomic E-state index is -4.83. The standard InChI is InChI=1S/C20H21F3N2O3S2/c21-20(22,23)28-15-1-3-16(4-2-15)30(26,27)25-18-24-17(11-29-18)19-8-12-5-13(9-19)7-14(6-12)10-19/h1-4,11-14H,5-10H2,(H,24,25). The van der Waals surface area contributed by atoms with Gasteiger partial charge in [0.15, 0.2) is 5.13 Å². The predicted octanol–water partition coefficient (Wildman–Crippen LogP) is 5.31. The van der Waals surface area contributed by atoms with Gasteiger partial charge in [-0.3, -0.25) is 4.72 Å². The van der Waals surface area contributed by atoms with E-state index in [1.54, 1.807) is 0 Å². The maximum atomic E-state index is 12.6. The van der Waals surface area contributed by atoms with Gasteiger partial charge in [0.2, 0.25) is 0 Å². The summed E-state index contributed by atoms with van der Waals surface area (Å²) in [6.45, 7) is 0. The van der Waals surface area contributed by atoms with E-state index in [1.165, 1.54) is 30.6 Å². The van der Waals surface area contributed by atoms with E-state index in [-0.39, 0.29) is 15.4 Å². The molecule has 1 aromatic carbocycles. The van der Waals surface area contributed by atoms with Gasteiger partial charge in [-0.25, -0.2) is 13.4 Å². The highest BCUT2D eigenvalue weighted by atomic mass is 32.2. The molecule has 0 atom stereocenters. The van der Waals surface area contributed by atoms with E-state index in [0.717, 1.165) is 67.0 Å². The van der Waals surface area contributed by atoms with Crippen LogP contribution in [0, 0.1) is 17.8 Å². The highest BCUT2D eigenvalue weighted by Gasteiger charge is 2.52. The largest absolute Gasteiger partial charge is 0.573 e. The Labute approximate surface area is 176 Å². The number of hydrogen-bond donors (Lipinski definition) is 1. The Morgan fingerprint density at radius 1 is 1.03 bits per heavy atom. The molecule has 0 aliphatic heterocycles. The first-order chi connectivity index (χ1) is 14.1. The fourth-order valence-corrected chi connectivity index (χ4v) is 8.07. The van der Waals surface area contributed by atoms with Crippen molar-refractivity contribution >= 4 is 26.5 Å². The van der Waals surface area contributed by atoms with Crippen LogP contribution >= 0.6 is 11.3 Å². The minimum absolute atomic E-state index is 0.0749. The maximum Gasteiger partial charge on any atom is 0.573 e. The molecule has 6 rings (SSSR count). The topological polar surface area (TPSA) is 68.3 Å². The molecule has 4 fully saturated rings. The SMILES string of the molecule is O=S(=O)(Nc1nc(C23CC4CC(CC(C4)C2)C3)cs1)c1ccc(OC(F)(F)F)cc1. The Balaban J connectivity index is 1.32. The van der Waals surface area contributed by atoms with Crippen LogP contribution in [0.1, 0.15) is 44.2 Å². The molecule has 30 heavy (non-hydrogen) atoms. The normalized spacial score (nSPS) is 30.4. The lowest BCUT2D eigenvalue weighted by molar-refractivity contribution is -0.274. The van der Waals surface area contributed by atoms with Crippen LogP contribution in [-0.2, 0) is 15.4 Å². The quantitative estimate of drug-likeness (QED) is 0.659. The van der Waals surface area contributed by atoms with Gasteiger partial charge >= 0.3 is 6.36 Å². The first kappa shape index (κ1) is 20.1. The molecule has 0 amide bonds. The van der Waals surface area contributed by atoms with E-state index >= 15 is 0 Å². The Kier molecular flexibility index (Phi) is 4.59. The van der Waals surface area contributed by atoms with Crippen LogP contribution in [0.5, 0.6) is 5.75 Å². The molecule has 4 aliphatic rings. The van der Waals surface area contributed by atoms with Crippen LogP contribution in [-0.4, -0.2) is 19.8 Å². The number of sulfonamides is 1. The monoisotopic (exact) mass is 458 g/mol. The van der Waals surface area contributed by atoms with Gasteiger partial charge in [0.1, 0.15) is 5.75 Å². The molecule has 10 heteroatoms. The number of ether oxygens (including phenoxy) is 1. The number of nitrogens with one attached hydrogen (secondary N) is 1. The summed E-state index contributed by atoms with van der Waals surface area (Å²) in [6, 6.07) is 4.11. The van der Waals surface area contributed by atoms with E-state index in [9.17, 15) is 21.6 Å². The van der Waals surface area contributed by atoms with Crippen molar-refractivity contribution in [1.82, 2.24) is 4.98 Å². The van der Waals surface area contributed by atoms with Crippen LogP contribution < -0.4 is 9.46 Å². The van der Waals surface area contributed by atoms with E-state index < -0.39 is 22.1 Å². The molecule has 162 valence electrons. The molecule has 0 unspecified atom stereocenters. The van der Waals surface area contributed by atoms with E-state index in [4.69, 9.17) is 0 Å². The fraction of sp³-hybridized carbons (Fsp3) is 0.550. The average Bonchev–Trinajstić information content (AvgIpc) is 3.08. The third-order valence-corrected chi connectivity index (χ3v) is 8.92. The number of anilines is 1. The molecule has 0 spiro atoms. The van der Waals surface area contributed by atoms with Crippen LogP contribution in [0.2, 0.25) is 0 Å². The van der Waals surface area contributed by atoms with Crippen molar-refractivity contribution in [3.05, 3.63) is 35.3 Å². The molecule has 5 nitrogen and oxygen atoms in total. The number of benzene rings is 1. The third kappa shape index (κ3) is 3.79. The Hall–Kier alpha value is -1.81. The summed E-state index contributed by atoms with van der Waals surface area (Å²) >= 11 is 1.26. The second kappa shape index (κ2) is 6.85. The first-order valence-corrected chi connectivity index (χ1v) is 12.3. The molecular formula is C20H21F3N2O3S2. The molecule has 2 aromatic rings. The molecule has 1 N–H and O–H groups in total. The summed E-state index contributed by atoms with van der Waals surface area (Å²) < 4.78 is 68.4. The van der Waals surface area contributed by atoms with Gasteiger partial charge in [-0.15, -0.1) is 24.5 Å². The fourth-order valence-electron chi connectivity index (χ4n) is 5.98. The Morgan fingerprint density at radius 2 is 1.60 bits per heavy atom. The van der Waals surface area contributed by atoms with Gasteiger partial charge in [0.05, 0.1) is 10.6 Å². The molecule has 1 heterocycles. The lowest BCUT2D eigenvalue weighted by atomic mass is 9.49. The number of rotatable bonds is 5. The smallest absolute Gasteiger partial charge is 0.406 e. The highest BCUT2D eigenvalue weighted by molar-refractivity contribution is 7.93. The number of aromatic nitrogens is 1. The Bertz CT molecular complexity index is 1010. The van der Waals surface area contributed by atoms with Gasteiger partial charge in [-0.2, -0.15) is 0 Å². The van der Waals surface area contributed by atoms with Crippen molar-refractivity contribution in [3.63, 3.8) is 0 Å². The van der Waals surface area contributed by atoms with Crippen molar-refractivity contribution in [2.75, 3.05) is 4.72 Å². The van der Waals surface area contributed by atoms with Crippen LogP contribution in [0.3, 0.4) is 0 Å². The van der Waals surface area contributed by atoms with Gasteiger partial charge in [0.25, 0.3) is 10.0 Å². The van der Waals surface area contributed by atoms with Crippen molar-refractivity contribution in [3.8, 4) is 5.75 Å². The van der Waals surface area contributed by atoms with Crippen molar-refractivity contribution in [2.45, 2.75) is 55.2 Å². The van der Waals surface area contributed by atoms with Crippen molar-refractivity contribution < 1.29 is 26.3 Å². The van der Waals surface area contributed by atoms with E-state index in [1.807, 2.05) is 5.38 Å². The van der Waals surface area contributed by atoms with Crippen LogP contribution in [0.15, 0.2) is 34.5 Å². The number of halogens is 3. The van der Waals surface area contributed by atoms with Gasteiger partial charge in [0, 0.05) is 10.8 Å². The zero-order chi connectivity index (χ0) is 21.1. The maximum absolute atomic E-state index is 12.6. The molecular weight excluding hydrogens is 437 g/mol. The second-order valence-corrected chi connectivity index (χ2v) is 11.4. The number of nitrogens with zero attached hydrogens (tertiary/aromatic N) is 1. The van der Waals surface area contributed by atoms with Crippen LogP contribution in [0.25, 0.3) is 0 Å². The molecule has 0 radical (unpaired) electrons. The first-order valence-electron chi connectivity index (χ1n) is 9.95. The summed E-state index contributed by atoms with van der Waals surface area (Å²) in [5.41, 5.74) is 1.06. The van der Waals surface area contributed by atoms with Gasteiger partial charge in [-0.1, -0.05) is 0 Å². The number of thiazole rings is 1. The lowest BCUT2D eigenvalue weighted by Crippen LogP contribution is -2.48. The van der Waals surface area contributed by atoms with E-state index in [0.29, 0.717) is 0 Å². The molecule has 4 bridgehead atoms. The zero-order valence-corrected chi connectivity index (χ0v) is 17.6. The minimum Gasteiger partial charge on any atom is -0.406 e. The van der Waals surface area contributed by atoms with Crippen LogP contribution in [0.4, 0.5) is 18.3 Å². The summed E-state index contributed by atoms with van der Waals surface area (Å²) in [4.78, 5) is 4.48. The third-order valence-electron chi connectivity index (χ3n) is 6.68. The Morgan fingerprint density at radius 3 is 2.13 bits per heavy atom. The number of alkyl halides is 3. The highest BCUT2D eigenvalue weighted by Crippen LogP contribution is 2.60. The second-order valence-electron chi connectivity index (χ2n) is 8.86. The number of hydrogen-bond acceptors (Lipinski definition) is 5. The average molecular weight is 459 g/mol. The molecule has 4 saturated carbocycles. The van der Waals surface area contributed by atoms with Crippen molar-refractivity contribution in [2.24, 2.45) is 17.8 Å². The molecule has 4 aliphatic carbocycles. The zero-order valence-electron chi connectivity index (χ0n) is 16.0. The summed E-state index contributed by atoms with van der Waals surface area (Å²) in [5, 5.41) is 2.25. The van der Waals surface area contributed by atoms with Gasteiger partial charge < -0.3 is 4.74 Å². The van der Waals surface area contributed by atoms with Gasteiger partial charge in [-0.05, 0) is 80.5 Å². The summed E-state index contributed by atoms with van der Waals surface area (Å²) in [5.74, 6) is 1.81.